The molecular formula is C13H19N3O. The summed E-state index contributed by atoms with van der Waals surface area (Å²) in [5, 5.41) is 11.4. The number of aromatic nitrogens is 2. The van der Waals surface area contributed by atoms with Crippen molar-refractivity contribution in [2.75, 3.05) is 11.9 Å². The van der Waals surface area contributed by atoms with Gasteiger partial charge in [0.1, 0.15) is 0 Å². The smallest absolute Gasteiger partial charge is 0.272 e. The summed E-state index contributed by atoms with van der Waals surface area (Å²) in [4.78, 5) is 11.6. The first-order valence-electron chi connectivity index (χ1n) is 5.46. The number of benzene rings is 1. The van der Waals surface area contributed by atoms with E-state index < -0.39 is 0 Å². The number of aryl methyl sites for hydroxylation is 1. The van der Waals surface area contributed by atoms with E-state index >= 15 is 0 Å². The molecule has 0 spiro atoms. The lowest BCUT2D eigenvalue weighted by molar-refractivity contribution is 0.941. The minimum Gasteiger partial charge on any atom is -0.368 e. The van der Waals surface area contributed by atoms with Crippen LogP contribution in [-0.2, 0) is 0 Å². The average molecular weight is 233 g/mol. The minimum absolute atomic E-state index is 0. The number of rotatable bonds is 3. The van der Waals surface area contributed by atoms with Crippen molar-refractivity contribution in [3.63, 3.8) is 0 Å². The van der Waals surface area contributed by atoms with Gasteiger partial charge in [0.05, 0.1) is 5.39 Å². The summed E-state index contributed by atoms with van der Waals surface area (Å²) >= 11 is 0. The normalized spacial score (nSPS) is 10.0. The van der Waals surface area contributed by atoms with Crippen LogP contribution in [0.5, 0.6) is 0 Å². The first-order valence-corrected chi connectivity index (χ1v) is 5.46. The van der Waals surface area contributed by atoms with Crippen LogP contribution in [0.4, 0.5) is 5.82 Å². The molecule has 1 aromatic heterocycles. The molecule has 0 aliphatic heterocycles. The predicted octanol–water partition coefficient (Wildman–Crippen LogP) is 2.69. The van der Waals surface area contributed by atoms with Crippen LogP contribution in [0.3, 0.4) is 0 Å². The number of nitrogens with zero attached hydrogens (tertiary/aromatic N) is 1. The third-order valence-corrected chi connectivity index (χ3v) is 2.57. The lowest BCUT2D eigenvalue weighted by atomic mass is 10.1. The van der Waals surface area contributed by atoms with Crippen molar-refractivity contribution in [1.82, 2.24) is 10.2 Å². The number of nitrogens with one attached hydrogen (secondary N) is 2. The van der Waals surface area contributed by atoms with Crippen molar-refractivity contribution >= 4 is 16.6 Å². The number of fused-ring (bicyclic) bond motifs is 1. The summed E-state index contributed by atoms with van der Waals surface area (Å²) in [6.07, 6.45) is 1.02. The molecule has 0 fully saturated rings. The summed E-state index contributed by atoms with van der Waals surface area (Å²) in [5.74, 6) is 0.759. The monoisotopic (exact) mass is 233 g/mol. The van der Waals surface area contributed by atoms with E-state index in [0.29, 0.717) is 5.39 Å². The highest BCUT2D eigenvalue weighted by Gasteiger charge is 2.07. The molecule has 0 saturated carbocycles. The maximum Gasteiger partial charge on any atom is 0.272 e. The topological polar surface area (TPSA) is 57.8 Å². The van der Waals surface area contributed by atoms with Crippen molar-refractivity contribution in [3.05, 3.63) is 34.1 Å². The zero-order chi connectivity index (χ0) is 11.5. The Labute approximate surface area is 101 Å². The van der Waals surface area contributed by atoms with Gasteiger partial charge < -0.3 is 5.32 Å². The molecule has 1 heterocycles. The molecule has 92 valence electrons. The van der Waals surface area contributed by atoms with E-state index in [1.807, 2.05) is 25.1 Å². The molecule has 2 N–H and O–H groups in total. The molecule has 0 amide bonds. The largest absolute Gasteiger partial charge is 0.368 e. The van der Waals surface area contributed by atoms with Gasteiger partial charge in [0, 0.05) is 11.9 Å². The molecule has 4 heteroatoms. The molecule has 0 unspecified atom stereocenters. The Morgan fingerprint density at radius 3 is 2.88 bits per heavy atom. The zero-order valence-corrected chi connectivity index (χ0v) is 9.50. The van der Waals surface area contributed by atoms with Gasteiger partial charge in [-0.15, -0.1) is 0 Å². The summed E-state index contributed by atoms with van der Waals surface area (Å²) < 4.78 is 0. The molecule has 2 rings (SSSR count). The fourth-order valence-electron chi connectivity index (χ4n) is 1.77. The fourth-order valence-corrected chi connectivity index (χ4v) is 1.77. The number of hydrogen-bond donors (Lipinski definition) is 2. The average Bonchev–Trinajstić information content (AvgIpc) is 2.29. The van der Waals surface area contributed by atoms with Crippen molar-refractivity contribution < 1.29 is 0 Å². The van der Waals surface area contributed by atoms with Gasteiger partial charge in [-0.2, -0.15) is 5.10 Å². The molecule has 2 aromatic rings. The Kier molecular flexibility index (Phi) is 4.26. The Balaban J connectivity index is 0.00000144. The summed E-state index contributed by atoms with van der Waals surface area (Å²) in [7, 11) is 0. The first-order chi connectivity index (χ1) is 7.74. The minimum atomic E-state index is -0.138. The summed E-state index contributed by atoms with van der Waals surface area (Å²) in [6, 6.07) is 5.69. The molecule has 0 atom stereocenters. The van der Waals surface area contributed by atoms with Crippen LogP contribution in [0, 0.1) is 6.92 Å². The van der Waals surface area contributed by atoms with E-state index in [9.17, 15) is 4.79 Å². The van der Waals surface area contributed by atoms with E-state index in [4.69, 9.17) is 0 Å². The highest BCUT2D eigenvalue weighted by molar-refractivity contribution is 5.93. The molecule has 0 aliphatic carbocycles. The van der Waals surface area contributed by atoms with Gasteiger partial charge in [-0.25, -0.2) is 5.10 Å². The Bertz CT molecular complexity index is 560. The fraction of sp³-hybridized carbons (Fsp3) is 0.385. The Morgan fingerprint density at radius 1 is 1.41 bits per heavy atom. The quantitative estimate of drug-likeness (QED) is 0.857. The predicted molar refractivity (Wildman–Crippen MR) is 72.6 cm³/mol. The van der Waals surface area contributed by atoms with Crippen molar-refractivity contribution in [3.8, 4) is 0 Å². The number of hydrogen-bond acceptors (Lipinski definition) is 3. The maximum absolute atomic E-state index is 11.6. The molecule has 4 nitrogen and oxygen atoms in total. The summed E-state index contributed by atoms with van der Waals surface area (Å²) in [6.45, 7) is 4.93. The number of H-pyrrole nitrogens is 1. The molecule has 0 radical (unpaired) electrons. The Morgan fingerprint density at radius 2 is 2.18 bits per heavy atom. The SMILES string of the molecule is C.CCCNc1n[nH]c(=O)c2cccc(C)c12. The van der Waals surface area contributed by atoms with Gasteiger partial charge in [-0.05, 0) is 25.0 Å². The van der Waals surface area contributed by atoms with Gasteiger partial charge in [0.2, 0.25) is 0 Å². The van der Waals surface area contributed by atoms with Crippen LogP contribution in [0.1, 0.15) is 26.3 Å². The second-order valence-corrected chi connectivity index (χ2v) is 3.83. The molecular weight excluding hydrogens is 214 g/mol. The zero-order valence-electron chi connectivity index (χ0n) is 9.50. The van der Waals surface area contributed by atoms with E-state index in [-0.39, 0.29) is 13.0 Å². The van der Waals surface area contributed by atoms with Gasteiger partial charge in [-0.1, -0.05) is 26.5 Å². The van der Waals surface area contributed by atoms with Crippen LogP contribution in [0.15, 0.2) is 23.0 Å². The van der Waals surface area contributed by atoms with Gasteiger partial charge in [0.15, 0.2) is 5.82 Å². The lowest BCUT2D eigenvalue weighted by Crippen LogP contribution is -2.13. The molecule has 0 saturated heterocycles. The van der Waals surface area contributed by atoms with Crippen LogP contribution >= 0.6 is 0 Å². The number of aromatic amines is 1. The van der Waals surface area contributed by atoms with Crippen molar-refractivity contribution in [2.45, 2.75) is 27.7 Å². The summed E-state index contributed by atoms with van der Waals surface area (Å²) in [5.41, 5.74) is 0.926. The van der Waals surface area contributed by atoms with E-state index in [1.165, 1.54) is 0 Å². The molecule has 0 bridgehead atoms. The highest BCUT2D eigenvalue weighted by Crippen LogP contribution is 2.21. The van der Waals surface area contributed by atoms with Crippen LogP contribution in [0.2, 0.25) is 0 Å². The molecule has 1 aromatic carbocycles. The second kappa shape index (κ2) is 5.48. The van der Waals surface area contributed by atoms with E-state index in [0.717, 1.165) is 29.7 Å². The van der Waals surface area contributed by atoms with Gasteiger partial charge >= 0.3 is 0 Å². The third kappa shape index (κ3) is 2.46. The van der Waals surface area contributed by atoms with Crippen molar-refractivity contribution in [2.24, 2.45) is 0 Å². The van der Waals surface area contributed by atoms with E-state index in [1.54, 1.807) is 0 Å². The van der Waals surface area contributed by atoms with Crippen LogP contribution < -0.4 is 10.9 Å². The number of anilines is 1. The maximum atomic E-state index is 11.6. The highest BCUT2D eigenvalue weighted by atomic mass is 16.1. The van der Waals surface area contributed by atoms with Crippen LogP contribution in [-0.4, -0.2) is 16.7 Å². The lowest BCUT2D eigenvalue weighted by Gasteiger charge is -2.08. The van der Waals surface area contributed by atoms with Crippen LogP contribution in [0.25, 0.3) is 10.8 Å². The van der Waals surface area contributed by atoms with Gasteiger partial charge in [0.25, 0.3) is 5.56 Å². The molecule has 0 aliphatic rings. The van der Waals surface area contributed by atoms with E-state index in [2.05, 4.69) is 22.4 Å². The van der Waals surface area contributed by atoms with Crippen molar-refractivity contribution in [1.29, 1.82) is 0 Å². The third-order valence-electron chi connectivity index (χ3n) is 2.57. The van der Waals surface area contributed by atoms with Gasteiger partial charge in [-0.3, -0.25) is 4.79 Å². The second-order valence-electron chi connectivity index (χ2n) is 3.83. The first kappa shape index (κ1) is 13.2. The molecule has 17 heavy (non-hydrogen) atoms. The standard InChI is InChI=1S/C12H15N3O.CH4/c1-3-7-13-11-10-8(2)5-4-6-9(10)12(16)15-14-11;/h4-6H,3,7H2,1-2H3,(H,13,14)(H,15,16);1H4. The Hall–Kier alpha value is -1.84.